The summed E-state index contributed by atoms with van der Waals surface area (Å²) in [6.07, 6.45) is 1.70. The van der Waals surface area contributed by atoms with Gasteiger partial charge in [-0.1, -0.05) is 36.1 Å². The molecule has 10 heteroatoms. The molecule has 1 fully saturated rings. The van der Waals surface area contributed by atoms with E-state index >= 15 is 0 Å². The second-order valence-corrected chi connectivity index (χ2v) is 7.70. The Morgan fingerprint density at radius 3 is 2.48 bits per heavy atom. The number of aromatic hydroxyl groups is 1. The number of nitrogens with one attached hydrogen (secondary N) is 1. The zero-order valence-corrected chi connectivity index (χ0v) is 16.5. The zero-order valence-electron chi connectivity index (χ0n) is 14.9. The van der Waals surface area contributed by atoms with E-state index in [-0.39, 0.29) is 36.2 Å². The number of nitrogens with zero attached hydrogens (tertiary/aromatic N) is 2. The number of carbonyl (C=O) groups is 2. The first-order chi connectivity index (χ1) is 13.8. The molecule has 3 rings (SSSR count). The summed E-state index contributed by atoms with van der Waals surface area (Å²) >= 11 is 6.40. The molecular weight excluding hydrogens is 414 g/mol. The first-order valence-corrected chi connectivity index (χ1v) is 9.64. The quantitative estimate of drug-likeness (QED) is 0.313. The largest absolute Gasteiger partial charge is 0.508 e. The molecule has 2 N–H and O–H groups in total. The molecule has 1 aliphatic heterocycles. The molecule has 0 spiro atoms. The highest BCUT2D eigenvalue weighted by atomic mass is 32.2. The normalized spacial score (nSPS) is 15.0. The molecule has 1 aliphatic rings. The van der Waals surface area contributed by atoms with Crippen molar-refractivity contribution in [3.8, 4) is 5.75 Å². The SMILES string of the molecule is O=C(CCN1C(=O)/C(=C/c2ccc(O)cc2)SC1=S)Nc1ccc([N+](=O)[O-])cc1. The van der Waals surface area contributed by atoms with Gasteiger partial charge < -0.3 is 10.4 Å². The molecular formula is C19H15N3O5S2. The molecule has 0 saturated carbocycles. The predicted octanol–water partition coefficient (Wildman–Crippen LogP) is 3.53. The molecule has 2 aromatic rings. The van der Waals surface area contributed by atoms with Crippen molar-refractivity contribution in [3.63, 3.8) is 0 Å². The van der Waals surface area contributed by atoms with Crippen LogP contribution in [0.2, 0.25) is 0 Å². The molecule has 1 saturated heterocycles. The van der Waals surface area contributed by atoms with Crippen molar-refractivity contribution in [1.29, 1.82) is 0 Å². The number of non-ortho nitro benzene ring substituents is 1. The van der Waals surface area contributed by atoms with E-state index in [9.17, 15) is 24.8 Å². The van der Waals surface area contributed by atoms with E-state index in [0.717, 1.165) is 17.3 Å². The number of hydrogen-bond donors (Lipinski definition) is 2. The fourth-order valence-electron chi connectivity index (χ4n) is 2.52. The lowest BCUT2D eigenvalue weighted by atomic mass is 10.2. The molecule has 0 radical (unpaired) electrons. The molecule has 148 valence electrons. The van der Waals surface area contributed by atoms with Gasteiger partial charge in [-0.3, -0.25) is 24.6 Å². The van der Waals surface area contributed by atoms with Crippen LogP contribution < -0.4 is 5.32 Å². The third-order valence-electron chi connectivity index (χ3n) is 3.99. The van der Waals surface area contributed by atoms with Crippen LogP contribution in [0, 0.1) is 10.1 Å². The number of nitro groups is 1. The van der Waals surface area contributed by atoms with Crippen LogP contribution in [-0.4, -0.2) is 37.6 Å². The van der Waals surface area contributed by atoms with Gasteiger partial charge in [0.2, 0.25) is 5.91 Å². The average Bonchev–Trinajstić information content (AvgIpc) is 2.95. The molecule has 0 aliphatic carbocycles. The lowest BCUT2D eigenvalue weighted by Gasteiger charge is -2.14. The molecule has 2 aromatic carbocycles. The van der Waals surface area contributed by atoms with Crippen LogP contribution in [-0.2, 0) is 9.59 Å². The second-order valence-electron chi connectivity index (χ2n) is 6.03. The van der Waals surface area contributed by atoms with Crippen LogP contribution in [0.25, 0.3) is 6.08 Å². The maximum atomic E-state index is 12.6. The minimum Gasteiger partial charge on any atom is -0.508 e. The van der Waals surface area contributed by atoms with Gasteiger partial charge >= 0.3 is 0 Å². The van der Waals surface area contributed by atoms with Gasteiger partial charge in [-0.05, 0) is 35.9 Å². The maximum Gasteiger partial charge on any atom is 0.269 e. The van der Waals surface area contributed by atoms with Gasteiger partial charge in [-0.25, -0.2) is 0 Å². The van der Waals surface area contributed by atoms with Gasteiger partial charge in [0.25, 0.3) is 11.6 Å². The van der Waals surface area contributed by atoms with Crippen molar-refractivity contribution in [2.75, 3.05) is 11.9 Å². The summed E-state index contributed by atoms with van der Waals surface area (Å²) in [6.45, 7) is 0.121. The molecule has 29 heavy (non-hydrogen) atoms. The number of amides is 2. The van der Waals surface area contributed by atoms with E-state index in [1.807, 2.05) is 0 Å². The zero-order chi connectivity index (χ0) is 21.0. The first kappa shape index (κ1) is 20.5. The van der Waals surface area contributed by atoms with Gasteiger partial charge in [0.1, 0.15) is 10.1 Å². The van der Waals surface area contributed by atoms with Crippen LogP contribution in [0.4, 0.5) is 11.4 Å². The predicted molar refractivity (Wildman–Crippen MR) is 114 cm³/mol. The maximum absolute atomic E-state index is 12.6. The number of carbonyl (C=O) groups excluding carboxylic acids is 2. The molecule has 1 heterocycles. The highest BCUT2D eigenvalue weighted by Gasteiger charge is 2.32. The summed E-state index contributed by atoms with van der Waals surface area (Å²) in [6, 6.07) is 11.9. The Morgan fingerprint density at radius 2 is 1.86 bits per heavy atom. The number of phenolic OH excluding ortho intramolecular Hbond substituents is 1. The number of nitro benzene ring substituents is 1. The molecule has 2 amide bonds. The number of thioether (sulfide) groups is 1. The van der Waals surface area contributed by atoms with Crippen LogP contribution in [0.15, 0.2) is 53.4 Å². The van der Waals surface area contributed by atoms with Crippen molar-refractivity contribution in [1.82, 2.24) is 4.90 Å². The summed E-state index contributed by atoms with van der Waals surface area (Å²) in [7, 11) is 0. The smallest absolute Gasteiger partial charge is 0.269 e. The van der Waals surface area contributed by atoms with Crippen molar-refractivity contribution in [3.05, 3.63) is 69.1 Å². The van der Waals surface area contributed by atoms with Crippen molar-refractivity contribution in [2.45, 2.75) is 6.42 Å². The second kappa shape index (κ2) is 8.84. The highest BCUT2D eigenvalue weighted by molar-refractivity contribution is 8.26. The third-order valence-corrected chi connectivity index (χ3v) is 5.37. The summed E-state index contributed by atoms with van der Waals surface area (Å²) in [4.78, 5) is 36.6. The number of rotatable bonds is 6. The first-order valence-electron chi connectivity index (χ1n) is 8.42. The van der Waals surface area contributed by atoms with Crippen LogP contribution in [0.5, 0.6) is 5.75 Å². The molecule has 8 nitrogen and oxygen atoms in total. The topological polar surface area (TPSA) is 113 Å². The monoisotopic (exact) mass is 429 g/mol. The Bertz CT molecular complexity index is 1000. The average molecular weight is 429 g/mol. The number of benzene rings is 2. The summed E-state index contributed by atoms with van der Waals surface area (Å²) in [5.41, 5.74) is 1.11. The standard InChI is InChI=1S/C19H15N3O5S2/c23-15-7-1-12(2-8-15)11-16-18(25)21(19(28)29-16)10-9-17(24)20-13-3-5-14(6-4-13)22(26)27/h1-8,11,23H,9-10H2,(H,20,24)/b16-11-. The fraction of sp³-hybridized carbons (Fsp3) is 0.105. The summed E-state index contributed by atoms with van der Waals surface area (Å²) < 4.78 is 0.364. The highest BCUT2D eigenvalue weighted by Crippen LogP contribution is 2.32. The number of phenols is 1. The van der Waals surface area contributed by atoms with Gasteiger partial charge in [0.15, 0.2) is 0 Å². The number of thiocarbonyl (C=S) groups is 1. The Labute approximate surface area is 175 Å². The summed E-state index contributed by atoms with van der Waals surface area (Å²) in [5, 5.41) is 22.6. The minimum absolute atomic E-state index is 0.0237. The third kappa shape index (κ3) is 5.18. The van der Waals surface area contributed by atoms with Crippen LogP contribution >= 0.6 is 24.0 Å². The molecule has 0 atom stereocenters. The van der Waals surface area contributed by atoms with Crippen molar-refractivity contribution in [2.24, 2.45) is 0 Å². The van der Waals surface area contributed by atoms with E-state index in [2.05, 4.69) is 5.32 Å². The van der Waals surface area contributed by atoms with Gasteiger partial charge in [-0.15, -0.1) is 0 Å². The van der Waals surface area contributed by atoms with Gasteiger partial charge in [0.05, 0.1) is 9.83 Å². The Balaban J connectivity index is 1.57. The van der Waals surface area contributed by atoms with E-state index in [1.165, 1.54) is 41.3 Å². The lowest BCUT2D eigenvalue weighted by Crippen LogP contribution is -2.31. The molecule has 0 unspecified atom stereocenters. The van der Waals surface area contributed by atoms with Crippen LogP contribution in [0.1, 0.15) is 12.0 Å². The Hall–Kier alpha value is -3.24. The van der Waals surface area contributed by atoms with E-state index < -0.39 is 4.92 Å². The number of hydrogen-bond acceptors (Lipinski definition) is 7. The van der Waals surface area contributed by atoms with Gasteiger partial charge in [-0.2, -0.15) is 0 Å². The molecule has 0 aromatic heterocycles. The summed E-state index contributed by atoms with van der Waals surface area (Å²) in [5.74, 6) is -0.486. The van der Waals surface area contributed by atoms with E-state index in [4.69, 9.17) is 12.2 Å². The lowest BCUT2D eigenvalue weighted by molar-refractivity contribution is -0.384. The van der Waals surface area contributed by atoms with E-state index in [0.29, 0.717) is 14.9 Å². The Kier molecular flexibility index (Phi) is 6.25. The van der Waals surface area contributed by atoms with Gasteiger partial charge in [0, 0.05) is 30.8 Å². The fourth-order valence-corrected chi connectivity index (χ4v) is 3.83. The Morgan fingerprint density at radius 1 is 1.21 bits per heavy atom. The van der Waals surface area contributed by atoms with Crippen LogP contribution in [0.3, 0.4) is 0 Å². The minimum atomic E-state index is -0.521. The van der Waals surface area contributed by atoms with Crippen molar-refractivity contribution >= 4 is 57.6 Å². The number of anilines is 1. The van der Waals surface area contributed by atoms with Crippen molar-refractivity contribution < 1.29 is 19.6 Å². The molecule has 0 bridgehead atoms. The van der Waals surface area contributed by atoms with E-state index in [1.54, 1.807) is 18.2 Å².